The fourth-order valence-electron chi connectivity index (χ4n) is 5.63. The summed E-state index contributed by atoms with van der Waals surface area (Å²) >= 11 is 0. The van der Waals surface area contributed by atoms with Crippen molar-refractivity contribution < 1.29 is 27.1 Å². The Hall–Kier alpha value is -2.69. The standard InChI is InChI=1S/C27H31F5N4O/c1-17-12-35-23-6-3-2-5-18(23)9-24(35)26(36(17)15-27(31,32)16-37)25-21(29)10-19(11-22(25)30)33-20-13-34(14-20)8-4-7-28/h2-3,5-6,9-11,17,20,26,33,37H,4,7-8,12-16H2,1H3/t17-,26+/m1/s1. The van der Waals surface area contributed by atoms with E-state index in [1.54, 1.807) is 13.0 Å². The molecular weight excluding hydrogens is 491 g/mol. The van der Waals surface area contributed by atoms with E-state index in [1.807, 2.05) is 28.8 Å². The minimum atomic E-state index is -3.44. The lowest BCUT2D eigenvalue weighted by molar-refractivity contribution is -0.0896. The van der Waals surface area contributed by atoms with Gasteiger partial charge in [-0.25, -0.2) is 17.6 Å². The Morgan fingerprint density at radius 1 is 1.05 bits per heavy atom. The molecule has 0 unspecified atom stereocenters. The van der Waals surface area contributed by atoms with Gasteiger partial charge in [0, 0.05) is 54.7 Å². The first-order valence-corrected chi connectivity index (χ1v) is 12.6. The quantitative estimate of drug-likeness (QED) is 0.397. The number of aliphatic hydroxyl groups is 1. The topological polar surface area (TPSA) is 43.7 Å². The summed E-state index contributed by atoms with van der Waals surface area (Å²) in [5, 5.41) is 13.2. The highest BCUT2D eigenvalue weighted by molar-refractivity contribution is 5.82. The van der Waals surface area contributed by atoms with Crippen LogP contribution in [0.5, 0.6) is 0 Å². The number of hydrogen-bond donors (Lipinski definition) is 2. The Labute approximate surface area is 212 Å². The van der Waals surface area contributed by atoms with Crippen molar-refractivity contribution in [1.82, 2.24) is 14.4 Å². The number of likely N-dealkylation sites (tertiary alicyclic amines) is 1. The van der Waals surface area contributed by atoms with Gasteiger partial charge in [0.25, 0.3) is 5.92 Å². The second-order valence-corrected chi connectivity index (χ2v) is 10.2. The van der Waals surface area contributed by atoms with Gasteiger partial charge >= 0.3 is 0 Å². The van der Waals surface area contributed by atoms with Crippen LogP contribution in [0, 0.1) is 11.6 Å². The lowest BCUT2D eigenvalue weighted by atomic mass is 9.95. The van der Waals surface area contributed by atoms with E-state index in [9.17, 15) is 18.3 Å². The Morgan fingerprint density at radius 2 is 1.76 bits per heavy atom. The summed E-state index contributed by atoms with van der Waals surface area (Å²) in [6, 6.07) is 10.1. The maximum absolute atomic E-state index is 15.7. The predicted octanol–water partition coefficient (Wildman–Crippen LogP) is 4.80. The lowest BCUT2D eigenvalue weighted by Gasteiger charge is -2.43. The number of hydrogen-bond acceptors (Lipinski definition) is 4. The second kappa shape index (κ2) is 10.2. The van der Waals surface area contributed by atoms with Crippen molar-refractivity contribution in [2.24, 2.45) is 0 Å². The van der Waals surface area contributed by atoms with Gasteiger partial charge in [-0.05, 0) is 43.0 Å². The number of halogens is 5. The first-order chi connectivity index (χ1) is 17.7. The minimum absolute atomic E-state index is 0.0127. The monoisotopic (exact) mass is 522 g/mol. The molecule has 5 rings (SSSR count). The molecule has 0 saturated carbocycles. The maximum Gasteiger partial charge on any atom is 0.283 e. The summed E-state index contributed by atoms with van der Waals surface area (Å²) in [6.45, 7) is 1.46. The first kappa shape index (κ1) is 25.9. The number of nitrogens with zero attached hydrogens (tertiary/aromatic N) is 3. The number of rotatable bonds is 9. The molecule has 0 radical (unpaired) electrons. The van der Waals surface area contributed by atoms with E-state index in [0.29, 0.717) is 38.3 Å². The molecule has 3 heterocycles. The van der Waals surface area contributed by atoms with Crippen LogP contribution in [0.15, 0.2) is 42.5 Å². The lowest BCUT2D eigenvalue weighted by Crippen LogP contribution is -2.54. The van der Waals surface area contributed by atoms with Crippen LogP contribution in [0.4, 0.5) is 27.6 Å². The summed E-state index contributed by atoms with van der Waals surface area (Å²) in [5.41, 5.74) is 1.36. The molecule has 0 aliphatic carbocycles. The summed E-state index contributed by atoms with van der Waals surface area (Å²) in [4.78, 5) is 3.44. The van der Waals surface area contributed by atoms with Gasteiger partial charge in [-0.3, -0.25) is 14.2 Å². The Balaban J connectivity index is 1.50. The van der Waals surface area contributed by atoms with Gasteiger partial charge in [-0.15, -0.1) is 0 Å². The van der Waals surface area contributed by atoms with E-state index in [0.717, 1.165) is 10.9 Å². The zero-order chi connectivity index (χ0) is 26.3. The van der Waals surface area contributed by atoms with Crippen molar-refractivity contribution in [3.63, 3.8) is 0 Å². The molecule has 10 heteroatoms. The summed E-state index contributed by atoms with van der Waals surface area (Å²) in [7, 11) is 0. The zero-order valence-corrected chi connectivity index (χ0v) is 20.6. The molecule has 0 bridgehead atoms. The average Bonchev–Trinajstić information content (AvgIpc) is 3.19. The average molecular weight is 523 g/mol. The Kier molecular flexibility index (Phi) is 7.17. The highest BCUT2D eigenvalue weighted by Crippen LogP contribution is 2.42. The van der Waals surface area contributed by atoms with Crippen LogP contribution < -0.4 is 5.32 Å². The van der Waals surface area contributed by atoms with Crippen LogP contribution in [0.2, 0.25) is 0 Å². The molecule has 0 amide bonds. The second-order valence-electron chi connectivity index (χ2n) is 10.2. The Morgan fingerprint density at radius 3 is 2.43 bits per heavy atom. The number of anilines is 1. The van der Waals surface area contributed by atoms with E-state index >= 15 is 8.78 Å². The van der Waals surface area contributed by atoms with Crippen LogP contribution >= 0.6 is 0 Å². The van der Waals surface area contributed by atoms with Crippen molar-refractivity contribution in [1.29, 1.82) is 0 Å². The normalized spacial score (nSPS) is 21.3. The molecule has 2 N–H and O–H groups in total. The SMILES string of the molecule is C[C@@H]1Cn2c(cc3ccccc32)[C@@H](c2c(F)cc(NC3CN(CCCF)C3)cc2F)N1CC(F)(F)CO. The zero-order valence-electron chi connectivity index (χ0n) is 20.6. The van der Waals surface area contributed by atoms with Crippen LogP contribution in [0.1, 0.15) is 30.6 Å². The number of aliphatic hydroxyl groups excluding tert-OH is 1. The van der Waals surface area contributed by atoms with Crippen LogP contribution in [0.3, 0.4) is 0 Å². The molecular formula is C27H31F5N4O. The van der Waals surface area contributed by atoms with Crippen molar-refractivity contribution in [2.45, 2.75) is 43.9 Å². The molecule has 2 atom stereocenters. The molecule has 2 aliphatic heterocycles. The van der Waals surface area contributed by atoms with Crippen molar-refractivity contribution in [3.05, 3.63) is 65.4 Å². The third-order valence-electron chi connectivity index (χ3n) is 7.40. The summed E-state index contributed by atoms with van der Waals surface area (Å²) in [6.07, 6.45) is 0.451. The van der Waals surface area contributed by atoms with Gasteiger partial charge in [0.15, 0.2) is 0 Å². The molecule has 3 aromatic rings. The molecule has 1 fully saturated rings. The molecule has 2 aromatic carbocycles. The first-order valence-electron chi connectivity index (χ1n) is 12.6. The molecule has 37 heavy (non-hydrogen) atoms. The molecule has 2 aliphatic rings. The van der Waals surface area contributed by atoms with Crippen LogP contribution in [-0.2, 0) is 6.54 Å². The molecule has 200 valence electrons. The fraction of sp³-hybridized carbons (Fsp3) is 0.481. The summed E-state index contributed by atoms with van der Waals surface area (Å²) < 4.78 is 74.5. The molecule has 5 nitrogen and oxygen atoms in total. The van der Waals surface area contributed by atoms with E-state index in [2.05, 4.69) is 10.2 Å². The van der Waals surface area contributed by atoms with E-state index < -0.39 is 42.8 Å². The van der Waals surface area contributed by atoms with E-state index in [1.165, 1.54) is 17.0 Å². The highest BCUT2D eigenvalue weighted by atomic mass is 19.3. The predicted molar refractivity (Wildman–Crippen MR) is 133 cm³/mol. The van der Waals surface area contributed by atoms with Crippen molar-refractivity contribution in [3.8, 4) is 0 Å². The maximum atomic E-state index is 15.7. The summed E-state index contributed by atoms with van der Waals surface area (Å²) in [5.74, 6) is -5.10. The van der Waals surface area contributed by atoms with Gasteiger partial charge < -0.3 is 15.0 Å². The number of para-hydroxylation sites is 1. The number of benzene rings is 2. The fourth-order valence-corrected chi connectivity index (χ4v) is 5.63. The van der Waals surface area contributed by atoms with E-state index in [4.69, 9.17) is 0 Å². The highest BCUT2D eigenvalue weighted by Gasteiger charge is 2.43. The Bertz CT molecular complexity index is 1240. The number of alkyl halides is 3. The molecule has 0 spiro atoms. The van der Waals surface area contributed by atoms with Gasteiger partial charge in [-0.1, -0.05) is 18.2 Å². The molecule has 1 aromatic heterocycles. The van der Waals surface area contributed by atoms with Crippen LogP contribution in [-0.4, -0.2) is 76.9 Å². The third kappa shape index (κ3) is 5.06. The largest absolute Gasteiger partial charge is 0.390 e. The van der Waals surface area contributed by atoms with Crippen molar-refractivity contribution in [2.75, 3.05) is 44.8 Å². The van der Waals surface area contributed by atoms with Crippen LogP contribution in [0.25, 0.3) is 10.9 Å². The smallest absolute Gasteiger partial charge is 0.283 e. The minimum Gasteiger partial charge on any atom is -0.390 e. The molecule has 1 saturated heterocycles. The van der Waals surface area contributed by atoms with E-state index in [-0.39, 0.29) is 24.0 Å². The van der Waals surface area contributed by atoms with Gasteiger partial charge in [0.2, 0.25) is 0 Å². The number of nitrogens with one attached hydrogen (secondary N) is 1. The third-order valence-corrected chi connectivity index (χ3v) is 7.40. The van der Waals surface area contributed by atoms with Gasteiger partial charge in [-0.2, -0.15) is 0 Å². The van der Waals surface area contributed by atoms with Crippen molar-refractivity contribution >= 4 is 16.6 Å². The van der Waals surface area contributed by atoms with Gasteiger partial charge in [0.1, 0.15) is 18.2 Å². The number of fused-ring (bicyclic) bond motifs is 3. The van der Waals surface area contributed by atoms with Gasteiger partial charge in [0.05, 0.1) is 25.3 Å². The number of aromatic nitrogens is 1.